The van der Waals surface area contributed by atoms with Crippen molar-refractivity contribution >= 4 is 12.0 Å². The lowest BCUT2D eigenvalue weighted by Crippen LogP contribution is -2.55. The number of rotatable bonds is 6. The van der Waals surface area contributed by atoms with Crippen LogP contribution in [0.3, 0.4) is 0 Å². The molecule has 0 aromatic carbocycles. The molecule has 5 rings (SSSR count). The van der Waals surface area contributed by atoms with Gasteiger partial charge in [0.2, 0.25) is 0 Å². The third kappa shape index (κ3) is 4.63. The lowest BCUT2D eigenvalue weighted by molar-refractivity contribution is -0.136. The van der Waals surface area contributed by atoms with E-state index in [2.05, 4.69) is 25.4 Å². The zero-order valence-corrected chi connectivity index (χ0v) is 20.0. The van der Waals surface area contributed by atoms with Gasteiger partial charge in [0.15, 0.2) is 5.82 Å². The topological polar surface area (TPSA) is 130 Å². The number of aromatic nitrogens is 5. The van der Waals surface area contributed by atoms with Crippen LogP contribution in [0.2, 0.25) is 0 Å². The van der Waals surface area contributed by atoms with Crippen LogP contribution in [-0.4, -0.2) is 102 Å². The number of carbonyl (C=O) groups is 2. The Morgan fingerprint density at radius 2 is 1.94 bits per heavy atom. The smallest absolute Gasteiger partial charge is 0.336 e. The lowest BCUT2D eigenvalue weighted by Gasteiger charge is -2.43. The van der Waals surface area contributed by atoms with Gasteiger partial charge in [-0.2, -0.15) is 4.68 Å². The molecule has 2 aromatic rings. The van der Waals surface area contributed by atoms with Crippen molar-refractivity contribution in [1.29, 1.82) is 0 Å². The highest BCUT2D eigenvalue weighted by Gasteiger charge is 2.37. The number of nitrogens with zero attached hydrogens (tertiary/aromatic N) is 8. The number of aliphatic hydroxyl groups excluding tert-OH is 1. The third-order valence-corrected chi connectivity index (χ3v) is 7.15. The van der Waals surface area contributed by atoms with Crippen molar-refractivity contribution in [2.24, 2.45) is 0 Å². The number of hydrogen-bond donors (Lipinski definition) is 1. The van der Waals surface area contributed by atoms with E-state index < -0.39 is 6.10 Å². The fraction of sp³-hybridized carbons (Fsp3) is 0.565. The second-order valence-corrected chi connectivity index (χ2v) is 9.28. The zero-order valence-electron chi connectivity index (χ0n) is 20.0. The Kier molecular flexibility index (Phi) is 6.48. The summed E-state index contributed by atoms with van der Waals surface area (Å²) in [6.07, 6.45) is 3.37. The summed E-state index contributed by atoms with van der Waals surface area (Å²) in [5.74, 6) is 0.260. The molecule has 0 bridgehead atoms. The molecule has 186 valence electrons. The maximum absolute atomic E-state index is 13.2. The summed E-state index contributed by atoms with van der Waals surface area (Å²) in [4.78, 5) is 35.4. The number of ether oxygens (including phenoxy) is 1. The molecule has 0 radical (unpaired) electrons. The van der Waals surface area contributed by atoms with Crippen molar-refractivity contribution in [2.75, 3.05) is 39.3 Å². The van der Waals surface area contributed by atoms with E-state index in [1.165, 1.54) is 11.0 Å². The van der Waals surface area contributed by atoms with E-state index in [1.807, 2.05) is 17.9 Å². The largest absolute Gasteiger partial charge is 0.456 e. The summed E-state index contributed by atoms with van der Waals surface area (Å²) in [6.45, 7) is 7.19. The normalized spacial score (nSPS) is 21.1. The maximum Gasteiger partial charge on any atom is 0.336 e. The van der Waals surface area contributed by atoms with Gasteiger partial charge in [-0.05, 0) is 49.6 Å². The first-order chi connectivity index (χ1) is 16.9. The molecule has 2 fully saturated rings. The number of piperidine rings is 1. The molecular formula is C23H30N8O4. The summed E-state index contributed by atoms with van der Waals surface area (Å²) in [5, 5.41) is 22.0. The van der Waals surface area contributed by atoms with Crippen LogP contribution in [0.5, 0.6) is 0 Å². The van der Waals surface area contributed by atoms with E-state index in [0.717, 1.165) is 50.2 Å². The number of likely N-dealkylation sites (tertiary alicyclic amines) is 1. The molecular weight excluding hydrogens is 452 g/mol. The summed E-state index contributed by atoms with van der Waals surface area (Å²) in [7, 11) is 0. The summed E-state index contributed by atoms with van der Waals surface area (Å²) in [5.41, 5.74) is 2.74. The number of carbonyl (C=O) groups excluding carboxylic acids is 2. The summed E-state index contributed by atoms with van der Waals surface area (Å²) >= 11 is 0. The van der Waals surface area contributed by atoms with Gasteiger partial charge in [0, 0.05) is 50.0 Å². The SMILES string of the molecule is CC1=C(N2CCCN(C3CCN(CC(O)c4ccc(-n5cnnn5)nc4C)CC3)C2=O)COC1=O. The van der Waals surface area contributed by atoms with Crippen LogP contribution in [0, 0.1) is 6.92 Å². The Morgan fingerprint density at radius 3 is 2.60 bits per heavy atom. The standard InChI is InChI=1S/C23H30N8O4/c1-15-19(13-35-22(15)33)30-9-3-8-29(23(30)34)17-6-10-28(11-7-17)12-20(32)18-4-5-21(25-16(18)2)31-14-24-26-27-31/h4-5,14,17,20,32H,3,6-13H2,1-2H3. The first-order valence-corrected chi connectivity index (χ1v) is 12.0. The molecule has 2 aromatic heterocycles. The average molecular weight is 483 g/mol. The molecule has 0 spiro atoms. The first-order valence-electron chi connectivity index (χ1n) is 12.0. The fourth-order valence-corrected chi connectivity index (χ4v) is 5.14. The van der Waals surface area contributed by atoms with Gasteiger partial charge in [0.05, 0.1) is 17.4 Å². The minimum Gasteiger partial charge on any atom is -0.456 e. The Hall–Kier alpha value is -3.38. The van der Waals surface area contributed by atoms with Crippen LogP contribution in [0.1, 0.15) is 43.5 Å². The van der Waals surface area contributed by atoms with E-state index >= 15 is 0 Å². The number of tetrazole rings is 1. The third-order valence-electron chi connectivity index (χ3n) is 7.15. The number of esters is 1. The van der Waals surface area contributed by atoms with Crippen molar-refractivity contribution in [3.8, 4) is 5.82 Å². The molecule has 2 amide bonds. The highest BCUT2D eigenvalue weighted by atomic mass is 16.5. The highest BCUT2D eigenvalue weighted by molar-refractivity contribution is 5.92. The van der Waals surface area contributed by atoms with Crippen molar-refractivity contribution in [3.05, 3.63) is 41.0 Å². The summed E-state index contributed by atoms with van der Waals surface area (Å²) < 4.78 is 6.59. The maximum atomic E-state index is 13.2. The molecule has 0 aliphatic carbocycles. The van der Waals surface area contributed by atoms with Gasteiger partial charge in [0.1, 0.15) is 12.9 Å². The minimum absolute atomic E-state index is 0.0354. The van der Waals surface area contributed by atoms with Gasteiger partial charge >= 0.3 is 12.0 Å². The fourth-order valence-electron chi connectivity index (χ4n) is 5.14. The molecule has 1 atom stereocenters. The average Bonchev–Trinajstić information content (AvgIpc) is 3.51. The predicted octanol–water partition coefficient (Wildman–Crippen LogP) is 0.822. The van der Waals surface area contributed by atoms with E-state index in [0.29, 0.717) is 30.2 Å². The van der Waals surface area contributed by atoms with Gasteiger partial charge in [-0.1, -0.05) is 6.07 Å². The molecule has 5 heterocycles. The second kappa shape index (κ2) is 9.70. The molecule has 35 heavy (non-hydrogen) atoms. The Morgan fingerprint density at radius 1 is 1.14 bits per heavy atom. The second-order valence-electron chi connectivity index (χ2n) is 9.28. The Balaban J connectivity index is 1.17. The molecule has 3 aliphatic rings. The number of cyclic esters (lactones) is 1. The molecule has 2 saturated heterocycles. The number of hydrogen-bond acceptors (Lipinski definition) is 9. The predicted molar refractivity (Wildman–Crippen MR) is 123 cm³/mol. The van der Waals surface area contributed by atoms with Crippen molar-refractivity contribution in [2.45, 2.75) is 45.3 Å². The van der Waals surface area contributed by atoms with E-state index in [1.54, 1.807) is 17.9 Å². The van der Waals surface area contributed by atoms with Crippen LogP contribution in [0.4, 0.5) is 4.79 Å². The Labute approximate surface area is 203 Å². The van der Waals surface area contributed by atoms with E-state index in [9.17, 15) is 14.7 Å². The minimum atomic E-state index is -0.663. The van der Waals surface area contributed by atoms with Gasteiger partial charge in [-0.25, -0.2) is 14.6 Å². The van der Waals surface area contributed by atoms with Crippen LogP contribution >= 0.6 is 0 Å². The Bertz CT molecular complexity index is 1130. The van der Waals surface area contributed by atoms with Crippen LogP contribution in [0.15, 0.2) is 29.7 Å². The number of amides is 2. The van der Waals surface area contributed by atoms with Gasteiger partial charge < -0.3 is 19.6 Å². The van der Waals surface area contributed by atoms with Crippen molar-refractivity contribution < 1.29 is 19.4 Å². The monoisotopic (exact) mass is 482 g/mol. The summed E-state index contributed by atoms with van der Waals surface area (Å²) in [6, 6.07) is 3.77. The molecule has 1 unspecified atom stereocenters. The van der Waals surface area contributed by atoms with Gasteiger partial charge in [-0.3, -0.25) is 4.90 Å². The number of aliphatic hydroxyl groups is 1. The first kappa shape index (κ1) is 23.4. The number of urea groups is 1. The van der Waals surface area contributed by atoms with Crippen LogP contribution < -0.4 is 0 Å². The van der Waals surface area contributed by atoms with Crippen LogP contribution in [0.25, 0.3) is 5.82 Å². The molecule has 0 saturated carbocycles. The molecule has 1 N–H and O–H groups in total. The highest BCUT2D eigenvalue weighted by Crippen LogP contribution is 2.28. The van der Waals surface area contributed by atoms with E-state index in [4.69, 9.17) is 4.74 Å². The number of aryl methyl sites for hydroxylation is 1. The molecule has 12 nitrogen and oxygen atoms in total. The number of β-amino-alcohol motifs (C(OH)–C–C–N with tert-alkyl or cyclic N) is 1. The van der Waals surface area contributed by atoms with Gasteiger partial charge in [0.25, 0.3) is 0 Å². The molecule has 12 heteroatoms. The van der Waals surface area contributed by atoms with Crippen molar-refractivity contribution in [3.63, 3.8) is 0 Å². The van der Waals surface area contributed by atoms with Crippen molar-refractivity contribution in [1.82, 2.24) is 39.9 Å². The van der Waals surface area contributed by atoms with E-state index in [-0.39, 0.29) is 24.6 Å². The number of pyridine rings is 1. The van der Waals surface area contributed by atoms with Gasteiger partial charge in [-0.15, -0.1) is 5.10 Å². The van der Waals surface area contributed by atoms with Crippen LogP contribution in [-0.2, 0) is 9.53 Å². The quantitative estimate of drug-likeness (QED) is 0.595. The lowest BCUT2D eigenvalue weighted by atomic mass is 10.0. The molecule has 3 aliphatic heterocycles. The zero-order chi connectivity index (χ0) is 24.5.